The fraction of sp³-hybridized carbons (Fsp3) is 0.740. The smallest absolute Gasteiger partial charge is 0.326 e. The molecule has 3 heterocycles. The topological polar surface area (TPSA) is 208 Å². The van der Waals surface area contributed by atoms with E-state index in [1.165, 1.54) is 0 Å². The summed E-state index contributed by atoms with van der Waals surface area (Å²) in [4.78, 5) is 69.6. The van der Waals surface area contributed by atoms with Gasteiger partial charge in [-0.1, -0.05) is 82.6 Å². The summed E-state index contributed by atoms with van der Waals surface area (Å²) >= 11 is 0. The van der Waals surface area contributed by atoms with Crippen LogP contribution in [-0.4, -0.2) is 118 Å². The number of ketones is 3. The van der Waals surface area contributed by atoms with E-state index in [0.29, 0.717) is 63.4 Å². The van der Waals surface area contributed by atoms with E-state index in [-0.39, 0.29) is 60.7 Å². The summed E-state index contributed by atoms with van der Waals surface area (Å²) in [6.45, 7) is 11.2. The van der Waals surface area contributed by atoms with Gasteiger partial charge in [-0.15, -0.1) is 0 Å². The predicted octanol–water partition coefficient (Wildman–Crippen LogP) is 6.95. The Bertz CT molecular complexity index is 1600. The number of carbonyl (C=O) groups excluding carboxylic acids is 4. The lowest BCUT2D eigenvalue weighted by molar-refractivity contribution is -0.263. The number of hydrogen-bond acceptors (Lipinski definition) is 11. The normalized spacial score (nSPS) is 37.7. The predicted molar refractivity (Wildman–Crippen MR) is 243 cm³/mol. The third kappa shape index (κ3) is 16.6. The number of aliphatic hydroxyl groups excluding tert-OH is 3. The average Bonchev–Trinajstić information content (AvgIpc) is 3.27. The van der Waals surface area contributed by atoms with Gasteiger partial charge in [-0.3, -0.25) is 19.2 Å². The highest BCUT2D eigenvalue weighted by Gasteiger charge is 2.54. The summed E-state index contributed by atoms with van der Waals surface area (Å²) in [5.74, 6) is -7.72. The minimum atomic E-state index is -2.38. The van der Waals surface area contributed by atoms with Gasteiger partial charge in [0.1, 0.15) is 17.6 Å². The molecule has 1 unspecified atom stereocenters. The number of carboxylic acid groups (broad SMARTS) is 1. The van der Waals surface area contributed by atoms with Crippen molar-refractivity contribution in [2.45, 2.75) is 168 Å². The van der Waals surface area contributed by atoms with Crippen molar-refractivity contribution in [2.24, 2.45) is 41.4 Å². The molecule has 4 aliphatic rings. The monoisotopic (exact) mass is 888 g/mol. The van der Waals surface area contributed by atoms with E-state index >= 15 is 0 Å². The molecule has 358 valence electrons. The Morgan fingerprint density at radius 1 is 0.857 bits per heavy atom. The van der Waals surface area contributed by atoms with Gasteiger partial charge in [0.2, 0.25) is 5.79 Å². The van der Waals surface area contributed by atoms with Crippen LogP contribution >= 0.6 is 0 Å². The maximum absolute atomic E-state index is 14.2. The van der Waals surface area contributed by atoms with E-state index in [1.54, 1.807) is 34.0 Å². The summed E-state index contributed by atoms with van der Waals surface area (Å²) in [7, 11) is 3.71. The van der Waals surface area contributed by atoms with Crippen LogP contribution in [0.3, 0.4) is 0 Å². The molecule has 0 aromatic rings. The SMILES string of the molecule is CO.CO.CO[C@H]1CCC[C@@H](CC2CCC(=O)[C@H](C)/C=C(\C)[C@@H](O)CC(=O)[C@H](C)C[C@H](C)/C=C/C=C/C=C(\C)CC[C@@H]3CC[C@@H](C)[C@@](O)(O3)C(=O)C(=O)N3CCC[C@H]2[C@H]3C(=O)O)C1. The lowest BCUT2D eigenvalue weighted by atomic mass is 9.70. The van der Waals surface area contributed by atoms with Gasteiger partial charge in [0, 0.05) is 58.5 Å². The van der Waals surface area contributed by atoms with Crippen LogP contribution < -0.4 is 0 Å². The van der Waals surface area contributed by atoms with Crippen molar-refractivity contribution >= 4 is 29.2 Å². The Morgan fingerprint density at radius 2 is 1.56 bits per heavy atom. The van der Waals surface area contributed by atoms with E-state index in [2.05, 4.69) is 6.92 Å². The van der Waals surface area contributed by atoms with Crippen molar-refractivity contribution in [2.75, 3.05) is 27.9 Å². The second kappa shape index (κ2) is 27.9. The van der Waals surface area contributed by atoms with Crippen LogP contribution in [0.5, 0.6) is 0 Å². The molecule has 1 amide bonds. The van der Waals surface area contributed by atoms with Gasteiger partial charge < -0.3 is 39.9 Å². The number of piperidine rings is 1. The second-order valence-corrected chi connectivity index (χ2v) is 18.5. The molecule has 12 atom stereocenters. The number of aliphatic carboxylic acids is 1. The Balaban J connectivity index is 0.00000331. The lowest BCUT2D eigenvalue weighted by Gasteiger charge is -2.45. The number of rotatable bonds is 4. The van der Waals surface area contributed by atoms with E-state index in [4.69, 9.17) is 19.7 Å². The first-order valence-electron chi connectivity index (χ1n) is 23.3. The minimum absolute atomic E-state index is 0.0328. The zero-order chi connectivity index (χ0) is 47.4. The van der Waals surface area contributed by atoms with Gasteiger partial charge in [-0.2, -0.15) is 0 Å². The number of allylic oxidation sites excluding steroid dienone is 7. The second-order valence-electron chi connectivity index (χ2n) is 18.5. The summed E-state index contributed by atoms with van der Waals surface area (Å²) in [5, 5.41) is 47.7. The van der Waals surface area contributed by atoms with Gasteiger partial charge in [0.25, 0.3) is 11.7 Å². The molecule has 3 fully saturated rings. The molecule has 2 saturated heterocycles. The van der Waals surface area contributed by atoms with Crippen LogP contribution in [0, 0.1) is 41.4 Å². The van der Waals surface area contributed by atoms with Gasteiger partial charge in [-0.05, 0) is 114 Å². The Kier molecular flexibility index (Phi) is 24.7. The van der Waals surface area contributed by atoms with Crippen molar-refractivity contribution in [1.82, 2.24) is 4.90 Å². The van der Waals surface area contributed by atoms with Gasteiger partial charge in [0.15, 0.2) is 0 Å². The van der Waals surface area contributed by atoms with E-state index in [1.807, 2.05) is 44.2 Å². The number of fused-ring (bicyclic) bond motifs is 4. The quantitative estimate of drug-likeness (QED) is 0.144. The standard InChI is InChI=1S/C48H73NO10.2CH4O/c1-30-13-9-8-10-14-31(2)25-32(3)42(51)29-43(52)34(5)26-33(4)41(50)23-20-37(27-36-15-11-16-39(28-36)58-7)40-17-12-24-49(44(40)47(55)56)46(54)45(53)48(57)35(6)19-22-38(59-48)21-18-30;2*1-2/h8-10,13-14,26,31-33,35-40,43-44,52,57H,11-12,15-25,27-29H2,1-7H3,(H,55,56);2*2H,1H3/b9-8+,14-10+,30-13+,34-26+;;/t31-,32-,33-,35-,36+,37?,38-,39+,40-,43+,44+,48-;;/m1../s1. The number of hydrogen-bond donors (Lipinski definition) is 5. The zero-order valence-corrected chi connectivity index (χ0v) is 39.7. The third-order valence-corrected chi connectivity index (χ3v) is 13.8. The summed E-state index contributed by atoms with van der Waals surface area (Å²) in [6, 6.07) is -1.32. The van der Waals surface area contributed by atoms with Gasteiger partial charge in [0.05, 0.1) is 18.3 Å². The Morgan fingerprint density at radius 3 is 2.22 bits per heavy atom. The van der Waals surface area contributed by atoms with Crippen molar-refractivity contribution in [3.8, 4) is 0 Å². The number of carboxylic acids is 1. The largest absolute Gasteiger partial charge is 0.480 e. The number of carbonyl (C=O) groups is 5. The van der Waals surface area contributed by atoms with Gasteiger partial charge >= 0.3 is 5.97 Å². The molecule has 0 radical (unpaired) electrons. The molecule has 0 aromatic heterocycles. The number of nitrogens with zero attached hydrogens (tertiary/aromatic N) is 1. The molecule has 4 bridgehead atoms. The Labute approximate surface area is 377 Å². The van der Waals surface area contributed by atoms with Crippen molar-refractivity contribution in [3.05, 3.63) is 47.6 Å². The molecule has 13 nitrogen and oxygen atoms in total. The van der Waals surface area contributed by atoms with Crippen LogP contribution in [0.2, 0.25) is 0 Å². The summed E-state index contributed by atoms with van der Waals surface area (Å²) in [6.07, 6.45) is 19.0. The van der Waals surface area contributed by atoms with Crippen molar-refractivity contribution < 1.29 is 59.0 Å². The number of ether oxygens (including phenoxy) is 2. The number of aliphatic hydroxyl groups is 4. The summed E-state index contributed by atoms with van der Waals surface area (Å²) < 4.78 is 11.8. The minimum Gasteiger partial charge on any atom is -0.480 e. The van der Waals surface area contributed by atoms with Crippen LogP contribution in [-0.2, 0) is 33.4 Å². The Hall–Kier alpha value is -3.33. The lowest BCUT2D eigenvalue weighted by Crippen LogP contribution is -2.62. The van der Waals surface area contributed by atoms with Crippen molar-refractivity contribution in [3.63, 3.8) is 0 Å². The molecule has 5 N–H and O–H groups in total. The van der Waals surface area contributed by atoms with Crippen LogP contribution in [0.15, 0.2) is 47.6 Å². The zero-order valence-electron chi connectivity index (χ0n) is 39.7. The first-order valence-corrected chi connectivity index (χ1v) is 23.3. The average molecular weight is 888 g/mol. The number of methoxy groups -OCH3 is 1. The highest BCUT2D eigenvalue weighted by Crippen LogP contribution is 2.42. The molecule has 0 aromatic carbocycles. The fourth-order valence-electron chi connectivity index (χ4n) is 9.98. The highest BCUT2D eigenvalue weighted by atomic mass is 16.6. The van der Waals surface area contributed by atoms with Crippen LogP contribution in [0.25, 0.3) is 0 Å². The molecule has 63 heavy (non-hydrogen) atoms. The van der Waals surface area contributed by atoms with Crippen LogP contribution in [0.4, 0.5) is 0 Å². The molecule has 1 aliphatic carbocycles. The van der Waals surface area contributed by atoms with Crippen molar-refractivity contribution in [1.29, 1.82) is 0 Å². The molecule has 0 spiro atoms. The first kappa shape index (κ1) is 55.8. The van der Waals surface area contributed by atoms with Gasteiger partial charge in [-0.25, -0.2) is 4.79 Å². The first-order chi connectivity index (χ1) is 29.9. The highest BCUT2D eigenvalue weighted by molar-refractivity contribution is 6.39. The van der Waals surface area contributed by atoms with E-state index in [0.717, 1.165) is 50.4 Å². The fourth-order valence-corrected chi connectivity index (χ4v) is 9.98. The number of amides is 1. The van der Waals surface area contributed by atoms with E-state index < -0.39 is 59.5 Å². The molecule has 1 saturated carbocycles. The third-order valence-electron chi connectivity index (χ3n) is 13.8. The maximum atomic E-state index is 14.2. The molecule has 13 heteroatoms. The maximum Gasteiger partial charge on any atom is 0.326 e. The molecular formula is C50H81NO12. The molecule has 4 rings (SSSR count). The molecule has 3 aliphatic heterocycles. The molecular weight excluding hydrogens is 807 g/mol. The van der Waals surface area contributed by atoms with Crippen LogP contribution in [0.1, 0.15) is 138 Å². The summed E-state index contributed by atoms with van der Waals surface area (Å²) in [5.41, 5.74) is 1.63. The number of Topliss-reactive ketones (excluding diaryl/α,β-unsaturated/α-hetero) is 3. The van der Waals surface area contributed by atoms with E-state index in [9.17, 15) is 39.3 Å².